The zero-order valence-electron chi connectivity index (χ0n) is 14.9. The van der Waals surface area contributed by atoms with E-state index in [-0.39, 0.29) is 24.1 Å². The van der Waals surface area contributed by atoms with Crippen LogP contribution in [-0.2, 0) is 9.59 Å². The van der Waals surface area contributed by atoms with Gasteiger partial charge in [0.2, 0.25) is 17.7 Å². The molecule has 3 aromatic rings. The maximum atomic E-state index is 12.0. The number of carbonyl (C=O) groups excluding carboxylic acids is 2. The summed E-state index contributed by atoms with van der Waals surface area (Å²) in [5.41, 5.74) is 2.56. The molecule has 1 heterocycles. The minimum Gasteiger partial charge on any atom is -0.411 e. The molecule has 9 heteroatoms. The first kappa shape index (κ1) is 20.1. The van der Waals surface area contributed by atoms with E-state index in [1.54, 1.807) is 6.07 Å². The van der Waals surface area contributed by atoms with E-state index < -0.39 is 0 Å². The van der Waals surface area contributed by atoms with Gasteiger partial charge in [-0.2, -0.15) is 0 Å². The lowest BCUT2D eigenvalue weighted by atomic mass is 10.1. The first-order valence-corrected chi connectivity index (χ1v) is 10.1. The largest absolute Gasteiger partial charge is 0.411 e. The highest BCUT2D eigenvalue weighted by atomic mass is 79.9. The van der Waals surface area contributed by atoms with Crippen molar-refractivity contribution in [2.45, 2.75) is 12.1 Å². The normalized spacial score (nSPS) is 10.5. The first-order chi connectivity index (χ1) is 13.5. The van der Waals surface area contributed by atoms with Gasteiger partial charge in [-0.1, -0.05) is 41.6 Å². The average molecular weight is 461 g/mol. The van der Waals surface area contributed by atoms with Crippen molar-refractivity contribution in [2.24, 2.45) is 0 Å². The molecule has 2 aromatic carbocycles. The van der Waals surface area contributed by atoms with Crippen LogP contribution < -0.4 is 10.6 Å². The highest BCUT2D eigenvalue weighted by Crippen LogP contribution is 2.23. The van der Waals surface area contributed by atoms with Crippen molar-refractivity contribution in [3.63, 3.8) is 0 Å². The van der Waals surface area contributed by atoms with Crippen LogP contribution in [0.15, 0.2) is 62.6 Å². The number of halogens is 1. The maximum absolute atomic E-state index is 12.0. The van der Waals surface area contributed by atoms with Gasteiger partial charge >= 0.3 is 0 Å². The number of benzene rings is 2. The number of rotatable bonds is 7. The molecule has 0 aliphatic heterocycles. The lowest BCUT2D eigenvalue weighted by Crippen LogP contribution is -2.33. The Hall–Kier alpha value is -2.65. The van der Waals surface area contributed by atoms with E-state index in [2.05, 4.69) is 36.8 Å². The molecular weight excluding hydrogens is 444 g/mol. The molecule has 144 valence electrons. The standard InChI is InChI=1S/C19H17BrN4O3S/c1-12-5-4-6-13(9-12)18-23-24-19(27-18)28-11-17(26)21-10-16(25)22-15-8-3-2-7-14(15)20/h2-9H,10-11H2,1H3,(H,21,26)(H,22,25). The molecule has 3 rings (SSSR count). The van der Waals surface area contributed by atoms with Crippen LogP contribution in [0, 0.1) is 6.92 Å². The molecule has 2 amide bonds. The van der Waals surface area contributed by atoms with E-state index in [9.17, 15) is 9.59 Å². The van der Waals surface area contributed by atoms with Crippen LogP contribution in [0.4, 0.5) is 5.69 Å². The number of nitrogens with one attached hydrogen (secondary N) is 2. The summed E-state index contributed by atoms with van der Waals surface area (Å²) in [6, 6.07) is 15.0. The summed E-state index contributed by atoms with van der Waals surface area (Å²) in [6.07, 6.45) is 0. The molecule has 28 heavy (non-hydrogen) atoms. The van der Waals surface area contributed by atoms with Crippen molar-refractivity contribution in [1.29, 1.82) is 0 Å². The highest BCUT2D eigenvalue weighted by Gasteiger charge is 2.12. The predicted molar refractivity (Wildman–Crippen MR) is 111 cm³/mol. The second kappa shape index (κ2) is 9.52. The third-order valence-corrected chi connectivity index (χ3v) is 5.10. The SMILES string of the molecule is Cc1cccc(-c2nnc(SCC(=O)NCC(=O)Nc3ccccc3Br)o2)c1. The van der Waals surface area contributed by atoms with Gasteiger partial charge in [0.15, 0.2) is 0 Å². The molecule has 0 radical (unpaired) electrons. The number of anilines is 1. The summed E-state index contributed by atoms with van der Waals surface area (Å²) in [4.78, 5) is 23.9. The van der Waals surface area contributed by atoms with Crippen LogP contribution in [0.5, 0.6) is 0 Å². The number of hydrogen-bond acceptors (Lipinski definition) is 6. The van der Waals surface area contributed by atoms with Gasteiger partial charge in [-0.25, -0.2) is 0 Å². The van der Waals surface area contributed by atoms with Gasteiger partial charge in [0, 0.05) is 10.0 Å². The van der Waals surface area contributed by atoms with Crippen molar-refractivity contribution < 1.29 is 14.0 Å². The zero-order valence-corrected chi connectivity index (χ0v) is 17.3. The monoisotopic (exact) mass is 460 g/mol. The van der Waals surface area contributed by atoms with Crippen LogP contribution in [-0.4, -0.2) is 34.3 Å². The van der Waals surface area contributed by atoms with Crippen LogP contribution >= 0.6 is 27.7 Å². The molecule has 2 N–H and O–H groups in total. The van der Waals surface area contributed by atoms with Crippen molar-refractivity contribution in [1.82, 2.24) is 15.5 Å². The van der Waals surface area contributed by atoms with Gasteiger partial charge in [-0.15, -0.1) is 10.2 Å². The maximum Gasteiger partial charge on any atom is 0.277 e. The number of amides is 2. The van der Waals surface area contributed by atoms with Crippen molar-refractivity contribution >= 4 is 45.2 Å². The molecule has 0 unspecified atom stereocenters. The summed E-state index contributed by atoms with van der Waals surface area (Å²) in [7, 11) is 0. The molecule has 0 aliphatic carbocycles. The Bertz CT molecular complexity index is 993. The lowest BCUT2D eigenvalue weighted by molar-refractivity contribution is -0.122. The molecule has 0 fully saturated rings. The van der Waals surface area contributed by atoms with Gasteiger partial charge in [0.25, 0.3) is 5.22 Å². The van der Waals surface area contributed by atoms with E-state index in [0.717, 1.165) is 27.4 Å². The lowest BCUT2D eigenvalue weighted by Gasteiger charge is -2.07. The summed E-state index contributed by atoms with van der Waals surface area (Å²) in [5, 5.41) is 13.5. The van der Waals surface area contributed by atoms with Gasteiger partial charge in [-0.05, 0) is 47.1 Å². The molecule has 0 spiro atoms. The molecule has 1 aromatic heterocycles. The van der Waals surface area contributed by atoms with Gasteiger partial charge < -0.3 is 15.1 Å². The van der Waals surface area contributed by atoms with Gasteiger partial charge in [0.05, 0.1) is 18.0 Å². The van der Waals surface area contributed by atoms with Crippen molar-refractivity contribution in [3.05, 3.63) is 58.6 Å². The topological polar surface area (TPSA) is 97.1 Å². The fourth-order valence-electron chi connectivity index (χ4n) is 2.28. The molecule has 0 bridgehead atoms. The fourth-order valence-corrected chi connectivity index (χ4v) is 3.25. The molecule has 0 saturated carbocycles. The molecular formula is C19H17BrN4O3S. The Kier molecular flexibility index (Phi) is 6.83. The van der Waals surface area contributed by atoms with Crippen molar-refractivity contribution in [2.75, 3.05) is 17.6 Å². The number of carbonyl (C=O) groups is 2. The average Bonchev–Trinajstić information content (AvgIpc) is 3.16. The summed E-state index contributed by atoms with van der Waals surface area (Å²) < 4.78 is 6.34. The van der Waals surface area contributed by atoms with Gasteiger partial charge in [0.1, 0.15) is 0 Å². The van der Waals surface area contributed by atoms with Gasteiger partial charge in [-0.3, -0.25) is 9.59 Å². The summed E-state index contributed by atoms with van der Waals surface area (Å²) in [6.45, 7) is 1.85. The molecule has 0 atom stereocenters. The van der Waals surface area contributed by atoms with Crippen LogP contribution in [0.3, 0.4) is 0 Å². The van der Waals surface area contributed by atoms with E-state index in [0.29, 0.717) is 16.8 Å². The van der Waals surface area contributed by atoms with Crippen LogP contribution in [0.25, 0.3) is 11.5 Å². The zero-order chi connectivity index (χ0) is 19.9. The Balaban J connectivity index is 1.44. The van der Waals surface area contributed by atoms with Crippen LogP contribution in [0.2, 0.25) is 0 Å². The number of aryl methyl sites for hydroxylation is 1. The Labute approximate surface area is 174 Å². The van der Waals surface area contributed by atoms with E-state index in [1.807, 2.05) is 49.4 Å². The molecule has 0 aliphatic rings. The Morgan fingerprint density at radius 3 is 2.71 bits per heavy atom. The van der Waals surface area contributed by atoms with E-state index in [4.69, 9.17) is 4.42 Å². The second-order valence-corrected chi connectivity index (χ2v) is 7.62. The Morgan fingerprint density at radius 2 is 1.93 bits per heavy atom. The number of aromatic nitrogens is 2. The number of thioether (sulfide) groups is 1. The van der Waals surface area contributed by atoms with E-state index >= 15 is 0 Å². The second-order valence-electron chi connectivity index (χ2n) is 5.84. The predicted octanol–water partition coefficient (Wildman–Crippen LogP) is 3.65. The number of nitrogens with zero attached hydrogens (tertiary/aromatic N) is 2. The Morgan fingerprint density at radius 1 is 1.11 bits per heavy atom. The molecule has 7 nitrogen and oxygen atoms in total. The quantitative estimate of drug-likeness (QED) is 0.522. The number of para-hydroxylation sites is 1. The number of hydrogen-bond donors (Lipinski definition) is 2. The minimum absolute atomic E-state index is 0.0672. The first-order valence-electron chi connectivity index (χ1n) is 8.35. The van der Waals surface area contributed by atoms with Crippen LogP contribution in [0.1, 0.15) is 5.56 Å². The third-order valence-electron chi connectivity index (χ3n) is 3.59. The summed E-state index contributed by atoms with van der Waals surface area (Å²) in [5.74, 6) is -0.149. The summed E-state index contributed by atoms with van der Waals surface area (Å²) >= 11 is 4.46. The third kappa shape index (κ3) is 5.67. The smallest absolute Gasteiger partial charge is 0.277 e. The highest BCUT2D eigenvalue weighted by molar-refractivity contribution is 9.10. The minimum atomic E-state index is -0.315. The molecule has 0 saturated heterocycles. The fraction of sp³-hybridized carbons (Fsp3) is 0.158. The van der Waals surface area contributed by atoms with Crippen molar-refractivity contribution in [3.8, 4) is 11.5 Å². The van der Waals surface area contributed by atoms with E-state index in [1.165, 1.54) is 0 Å².